The largest absolute Gasteiger partial charge is 0.494 e. The number of ketones is 1. The second-order valence-electron chi connectivity index (χ2n) is 8.86. The van der Waals surface area contributed by atoms with Crippen LogP contribution in [0, 0.1) is 16.7 Å². The first-order chi connectivity index (χ1) is 15.8. The van der Waals surface area contributed by atoms with Gasteiger partial charge >= 0.3 is 0 Å². The van der Waals surface area contributed by atoms with Crippen molar-refractivity contribution in [2.75, 3.05) is 4.90 Å². The van der Waals surface area contributed by atoms with Gasteiger partial charge in [-0.1, -0.05) is 43.8 Å². The molecule has 0 radical (unpaired) electrons. The summed E-state index contributed by atoms with van der Waals surface area (Å²) in [6.07, 6.45) is 1.13. The number of hydrazone groups is 1. The van der Waals surface area contributed by atoms with E-state index in [9.17, 15) is 15.2 Å². The van der Waals surface area contributed by atoms with Crippen LogP contribution in [-0.2, 0) is 6.42 Å². The van der Waals surface area contributed by atoms with Crippen molar-refractivity contribution in [3.63, 3.8) is 0 Å². The van der Waals surface area contributed by atoms with Crippen LogP contribution < -0.4 is 10.3 Å². The molecule has 2 aliphatic heterocycles. The molecule has 1 aromatic heterocycles. The minimum absolute atomic E-state index is 0.0651. The first kappa shape index (κ1) is 21.5. The van der Waals surface area contributed by atoms with Gasteiger partial charge in [0.15, 0.2) is 11.6 Å². The Labute approximate surface area is 199 Å². The van der Waals surface area contributed by atoms with Crippen LogP contribution >= 0.6 is 23.1 Å². The molecule has 2 N–H and O–H groups in total. The maximum Gasteiger partial charge on any atom is 0.203 e. The third kappa shape index (κ3) is 3.65. The number of benzene rings is 1. The SMILES string of the molecule is CC1=NNC(=N\c2sc3c(c2C#N)CC(C)(C)CC3=O)/C1=C1/SC=C(O)N1c1ccccc1. The molecule has 0 unspecified atom stereocenters. The highest BCUT2D eigenvalue weighted by molar-refractivity contribution is 8.06. The number of carbonyl (C=O) groups excluding carboxylic acids is 1. The van der Waals surface area contributed by atoms with Crippen molar-refractivity contribution >= 4 is 51.1 Å². The highest BCUT2D eigenvalue weighted by Gasteiger charge is 2.36. The van der Waals surface area contributed by atoms with Crippen LogP contribution in [0.25, 0.3) is 0 Å². The van der Waals surface area contributed by atoms with E-state index in [-0.39, 0.29) is 17.1 Å². The predicted octanol–water partition coefficient (Wildman–Crippen LogP) is 5.61. The molecule has 2 aromatic rings. The molecule has 0 spiro atoms. The molecular formula is C24H21N5O2S2. The zero-order valence-corrected chi connectivity index (χ0v) is 20.0. The lowest BCUT2D eigenvalue weighted by molar-refractivity contribution is 0.0917. The molecule has 33 heavy (non-hydrogen) atoms. The molecule has 5 rings (SSSR count). The van der Waals surface area contributed by atoms with Crippen LogP contribution in [0.15, 0.2) is 62.3 Å². The third-order valence-corrected chi connectivity index (χ3v) is 7.83. The van der Waals surface area contributed by atoms with E-state index in [1.807, 2.05) is 51.1 Å². The number of anilines is 1. The number of hydrogen-bond donors (Lipinski definition) is 2. The number of para-hydroxylation sites is 1. The number of fused-ring (bicyclic) bond motifs is 1. The van der Waals surface area contributed by atoms with Crippen LogP contribution in [0.5, 0.6) is 0 Å². The van der Waals surface area contributed by atoms with Crippen molar-refractivity contribution in [2.45, 2.75) is 33.6 Å². The van der Waals surface area contributed by atoms with Gasteiger partial charge in [-0.05, 0) is 36.5 Å². The van der Waals surface area contributed by atoms with E-state index in [4.69, 9.17) is 4.99 Å². The van der Waals surface area contributed by atoms with Crippen LogP contribution in [0.3, 0.4) is 0 Å². The van der Waals surface area contributed by atoms with Crippen molar-refractivity contribution in [3.8, 4) is 6.07 Å². The molecular weight excluding hydrogens is 454 g/mol. The molecule has 1 aromatic carbocycles. The number of aliphatic imine (C=N–C) groups is 1. The van der Waals surface area contributed by atoms with Gasteiger partial charge in [0.25, 0.3) is 0 Å². The topological polar surface area (TPSA) is 101 Å². The first-order valence-electron chi connectivity index (χ1n) is 10.4. The Hall–Kier alpha value is -3.35. The number of hydrogen-bond acceptors (Lipinski definition) is 8. The standard InChI is InChI=1S/C24H21N5O2S2/c1-13-19(23-29(18(31)12-32-23)14-7-5-4-6-8-14)21(28-27-13)26-22-16(11-25)15-9-24(2,3)10-17(30)20(15)33-22/h4-8,12,31H,9-10H2,1-3H3,(H,26,28)/b23-19+. The third-order valence-electron chi connectivity index (χ3n) is 5.73. The summed E-state index contributed by atoms with van der Waals surface area (Å²) in [6.45, 7) is 5.96. The Morgan fingerprint density at radius 1 is 1.27 bits per heavy atom. The lowest BCUT2D eigenvalue weighted by atomic mass is 9.75. The maximum atomic E-state index is 12.7. The fourth-order valence-corrected chi connectivity index (χ4v) is 6.34. The first-order valence-corrected chi connectivity index (χ1v) is 12.1. The van der Waals surface area contributed by atoms with Crippen molar-refractivity contribution < 1.29 is 9.90 Å². The summed E-state index contributed by atoms with van der Waals surface area (Å²) < 4.78 is 0. The smallest absolute Gasteiger partial charge is 0.203 e. The molecule has 7 nitrogen and oxygen atoms in total. The number of aliphatic hydroxyl groups is 1. The van der Waals surface area contributed by atoms with E-state index in [1.54, 1.807) is 10.3 Å². The van der Waals surface area contributed by atoms with Crippen LogP contribution in [-0.4, -0.2) is 22.4 Å². The zero-order chi connectivity index (χ0) is 23.3. The Bertz CT molecular complexity index is 1340. The van der Waals surface area contributed by atoms with Crippen molar-refractivity contribution in [3.05, 3.63) is 68.2 Å². The molecule has 3 heterocycles. The predicted molar refractivity (Wildman–Crippen MR) is 133 cm³/mol. The fraction of sp³-hybridized carbons (Fsp3) is 0.250. The number of thiophene rings is 1. The lowest BCUT2D eigenvalue weighted by Crippen LogP contribution is -2.26. The monoisotopic (exact) mass is 475 g/mol. The van der Waals surface area contributed by atoms with E-state index in [0.717, 1.165) is 27.6 Å². The number of rotatable bonds is 2. The van der Waals surface area contributed by atoms with Crippen molar-refractivity contribution in [1.82, 2.24) is 5.43 Å². The highest BCUT2D eigenvalue weighted by atomic mass is 32.2. The molecule has 3 aliphatic rings. The number of nitrogens with one attached hydrogen (secondary N) is 1. The van der Waals surface area contributed by atoms with E-state index in [1.165, 1.54) is 23.1 Å². The number of nitrogens with zero attached hydrogens (tertiary/aromatic N) is 4. The summed E-state index contributed by atoms with van der Waals surface area (Å²) in [7, 11) is 0. The molecule has 0 saturated heterocycles. The van der Waals surface area contributed by atoms with Crippen LogP contribution in [0.1, 0.15) is 48.0 Å². The minimum atomic E-state index is -0.181. The molecule has 0 saturated carbocycles. The van der Waals surface area contributed by atoms with Gasteiger partial charge in [-0.2, -0.15) is 10.4 Å². The second kappa shape index (κ2) is 7.90. The maximum absolute atomic E-state index is 12.7. The molecule has 0 fully saturated rings. The Morgan fingerprint density at radius 2 is 2.03 bits per heavy atom. The summed E-state index contributed by atoms with van der Waals surface area (Å²) >= 11 is 2.65. The second-order valence-corrected chi connectivity index (χ2v) is 10.7. The average Bonchev–Trinajstić information content (AvgIpc) is 3.43. The summed E-state index contributed by atoms with van der Waals surface area (Å²) in [4.78, 5) is 19.9. The lowest BCUT2D eigenvalue weighted by Gasteiger charge is -2.28. The number of thioether (sulfide) groups is 1. The number of Topliss-reactive ketones (excluding diaryl/α,β-unsaturated/α-hetero) is 1. The Kier molecular flexibility index (Phi) is 5.15. The summed E-state index contributed by atoms with van der Waals surface area (Å²) in [5.74, 6) is 0.668. The quantitative estimate of drug-likeness (QED) is 0.586. The molecule has 1 aliphatic carbocycles. The van der Waals surface area contributed by atoms with Gasteiger partial charge in [0.05, 0.1) is 26.8 Å². The Morgan fingerprint density at radius 3 is 2.76 bits per heavy atom. The van der Waals surface area contributed by atoms with Gasteiger partial charge in [0.2, 0.25) is 5.88 Å². The Balaban J connectivity index is 1.62. The average molecular weight is 476 g/mol. The van der Waals surface area contributed by atoms with Gasteiger partial charge in [-0.25, -0.2) is 4.99 Å². The number of nitriles is 1. The van der Waals surface area contributed by atoms with Gasteiger partial charge in [-0.15, -0.1) is 11.3 Å². The number of carbonyl (C=O) groups is 1. The zero-order valence-electron chi connectivity index (χ0n) is 18.3. The number of aliphatic hydroxyl groups excluding tert-OH is 1. The van der Waals surface area contributed by atoms with Crippen molar-refractivity contribution in [2.24, 2.45) is 15.5 Å². The van der Waals surface area contributed by atoms with Gasteiger partial charge < -0.3 is 5.11 Å². The minimum Gasteiger partial charge on any atom is -0.494 e. The van der Waals surface area contributed by atoms with Crippen LogP contribution in [0.2, 0.25) is 0 Å². The molecule has 166 valence electrons. The van der Waals surface area contributed by atoms with Gasteiger partial charge in [-0.3, -0.25) is 15.1 Å². The van der Waals surface area contributed by atoms with Crippen molar-refractivity contribution in [1.29, 1.82) is 5.26 Å². The summed E-state index contributed by atoms with van der Waals surface area (Å²) in [5.41, 5.74) is 6.33. The normalized spacial score (nSPS) is 22.7. The summed E-state index contributed by atoms with van der Waals surface area (Å²) in [6, 6.07) is 11.8. The van der Waals surface area contributed by atoms with Crippen LogP contribution in [0.4, 0.5) is 10.7 Å². The van der Waals surface area contributed by atoms with Gasteiger partial charge in [0.1, 0.15) is 11.1 Å². The molecule has 0 atom stereocenters. The molecule has 9 heteroatoms. The van der Waals surface area contributed by atoms with E-state index < -0.39 is 0 Å². The van der Waals surface area contributed by atoms with E-state index >= 15 is 0 Å². The number of amidine groups is 1. The van der Waals surface area contributed by atoms with E-state index in [2.05, 4.69) is 16.6 Å². The van der Waals surface area contributed by atoms with E-state index in [0.29, 0.717) is 34.1 Å². The molecule has 0 bridgehead atoms. The van der Waals surface area contributed by atoms with Gasteiger partial charge in [0, 0.05) is 17.5 Å². The summed E-state index contributed by atoms with van der Waals surface area (Å²) in [5, 5.41) is 27.8. The highest BCUT2D eigenvalue weighted by Crippen LogP contribution is 2.45. The fourth-order valence-electron chi connectivity index (χ4n) is 4.27. The molecule has 0 amide bonds.